The summed E-state index contributed by atoms with van der Waals surface area (Å²) < 4.78 is 0. The van der Waals surface area contributed by atoms with Gasteiger partial charge in [0.15, 0.2) is 0 Å². The number of nitrogens with zero attached hydrogens (tertiary/aromatic N) is 1. The SMILES string of the molecule is CC(=O)CC1CC(=O)N1C. The number of carbonyl (C=O) groups excluding carboxylic acids is 2. The first-order chi connectivity index (χ1) is 4.61. The molecule has 0 bridgehead atoms. The summed E-state index contributed by atoms with van der Waals surface area (Å²) >= 11 is 0. The van der Waals surface area contributed by atoms with Crippen LogP contribution in [0.5, 0.6) is 0 Å². The van der Waals surface area contributed by atoms with Gasteiger partial charge in [0.05, 0.1) is 0 Å². The van der Waals surface area contributed by atoms with Crippen LogP contribution in [0.3, 0.4) is 0 Å². The van der Waals surface area contributed by atoms with E-state index >= 15 is 0 Å². The summed E-state index contributed by atoms with van der Waals surface area (Å²) in [4.78, 5) is 22.8. The van der Waals surface area contributed by atoms with Crippen molar-refractivity contribution in [2.24, 2.45) is 0 Å². The van der Waals surface area contributed by atoms with Crippen LogP contribution < -0.4 is 0 Å². The molecule has 0 N–H and O–H groups in total. The predicted octanol–water partition coefficient (Wildman–Crippen LogP) is 0.196. The van der Waals surface area contributed by atoms with Gasteiger partial charge in [0.25, 0.3) is 0 Å². The molecule has 1 amide bonds. The molecule has 1 saturated heterocycles. The molecule has 3 nitrogen and oxygen atoms in total. The first-order valence-corrected chi connectivity index (χ1v) is 3.36. The van der Waals surface area contributed by atoms with Gasteiger partial charge in [0.2, 0.25) is 5.91 Å². The number of amides is 1. The van der Waals surface area contributed by atoms with Crippen molar-refractivity contribution in [2.45, 2.75) is 25.8 Å². The second-order valence-corrected chi connectivity index (χ2v) is 2.77. The number of ketones is 1. The quantitative estimate of drug-likeness (QED) is 0.515. The Hall–Kier alpha value is -0.860. The zero-order valence-corrected chi connectivity index (χ0v) is 6.26. The van der Waals surface area contributed by atoms with Gasteiger partial charge < -0.3 is 4.90 Å². The lowest BCUT2D eigenvalue weighted by Crippen LogP contribution is -2.50. The minimum Gasteiger partial charge on any atom is -0.342 e. The topological polar surface area (TPSA) is 37.4 Å². The summed E-state index contributed by atoms with van der Waals surface area (Å²) in [6.07, 6.45) is 1.07. The lowest BCUT2D eigenvalue weighted by molar-refractivity contribution is -0.144. The van der Waals surface area contributed by atoms with Crippen LogP contribution in [-0.4, -0.2) is 29.7 Å². The molecular weight excluding hydrogens is 130 g/mol. The largest absolute Gasteiger partial charge is 0.342 e. The molecule has 1 fully saturated rings. The number of likely N-dealkylation sites (tertiary alicyclic amines) is 1. The van der Waals surface area contributed by atoms with Crippen LogP contribution in [0.4, 0.5) is 0 Å². The van der Waals surface area contributed by atoms with Crippen molar-refractivity contribution >= 4 is 11.7 Å². The summed E-state index contributed by atoms with van der Waals surface area (Å²) in [7, 11) is 1.74. The van der Waals surface area contributed by atoms with Gasteiger partial charge in [-0.1, -0.05) is 0 Å². The van der Waals surface area contributed by atoms with E-state index in [0.29, 0.717) is 12.8 Å². The molecule has 10 heavy (non-hydrogen) atoms. The highest BCUT2D eigenvalue weighted by Gasteiger charge is 2.32. The second kappa shape index (κ2) is 2.40. The molecule has 0 aromatic rings. The van der Waals surface area contributed by atoms with E-state index in [1.54, 1.807) is 18.9 Å². The first-order valence-electron chi connectivity index (χ1n) is 3.36. The Bertz CT molecular complexity index is 176. The summed E-state index contributed by atoms with van der Waals surface area (Å²) in [5.41, 5.74) is 0. The highest BCUT2D eigenvalue weighted by atomic mass is 16.2. The van der Waals surface area contributed by atoms with Crippen LogP contribution in [0.25, 0.3) is 0 Å². The molecule has 1 rings (SSSR count). The Morgan fingerprint density at radius 3 is 2.70 bits per heavy atom. The highest BCUT2D eigenvalue weighted by Crippen LogP contribution is 2.19. The lowest BCUT2D eigenvalue weighted by Gasteiger charge is -2.36. The van der Waals surface area contributed by atoms with Crippen molar-refractivity contribution in [1.29, 1.82) is 0 Å². The van der Waals surface area contributed by atoms with Crippen LogP contribution in [0.15, 0.2) is 0 Å². The van der Waals surface area contributed by atoms with Gasteiger partial charge in [0.1, 0.15) is 5.78 Å². The van der Waals surface area contributed by atoms with E-state index in [-0.39, 0.29) is 17.7 Å². The summed E-state index contributed by atoms with van der Waals surface area (Å²) in [6.45, 7) is 1.55. The average Bonchev–Trinajstić information content (AvgIpc) is 1.86. The van der Waals surface area contributed by atoms with E-state index in [1.807, 2.05) is 0 Å². The summed E-state index contributed by atoms with van der Waals surface area (Å²) in [5.74, 6) is 0.301. The van der Waals surface area contributed by atoms with E-state index in [4.69, 9.17) is 0 Å². The maximum absolute atomic E-state index is 10.6. The molecule has 0 aromatic heterocycles. The Morgan fingerprint density at radius 2 is 2.40 bits per heavy atom. The third kappa shape index (κ3) is 1.17. The van der Waals surface area contributed by atoms with Crippen LogP contribution >= 0.6 is 0 Å². The Labute approximate surface area is 60.0 Å². The van der Waals surface area contributed by atoms with Gasteiger partial charge in [-0.2, -0.15) is 0 Å². The standard InChI is InChI=1S/C7H11NO2/c1-5(9)3-6-4-7(10)8(6)2/h6H,3-4H2,1-2H3. The molecule has 1 aliphatic heterocycles. The van der Waals surface area contributed by atoms with E-state index in [9.17, 15) is 9.59 Å². The van der Waals surface area contributed by atoms with Gasteiger partial charge in [-0.25, -0.2) is 0 Å². The molecule has 0 aliphatic carbocycles. The fraction of sp³-hybridized carbons (Fsp3) is 0.714. The van der Waals surface area contributed by atoms with Crippen LogP contribution in [0, 0.1) is 0 Å². The number of hydrogen-bond acceptors (Lipinski definition) is 2. The van der Waals surface area contributed by atoms with Crippen LogP contribution in [0.2, 0.25) is 0 Å². The molecule has 3 heteroatoms. The molecule has 1 unspecified atom stereocenters. The van der Waals surface area contributed by atoms with E-state index < -0.39 is 0 Å². The maximum atomic E-state index is 10.6. The molecule has 1 atom stereocenters. The smallest absolute Gasteiger partial charge is 0.224 e. The second-order valence-electron chi connectivity index (χ2n) is 2.77. The molecule has 0 saturated carbocycles. The molecule has 1 aliphatic rings. The van der Waals surface area contributed by atoms with Gasteiger partial charge in [-0.3, -0.25) is 9.59 Å². The van der Waals surface area contributed by atoms with Crippen LogP contribution in [0.1, 0.15) is 19.8 Å². The van der Waals surface area contributed by atoms with E-state index in [0.717, 1.165) is 0 Å². The Kier molecular flexibility index (Phi) is 1.74. The van der Waals surface area contributed by atoms with Crippen molar-refractivity contribution in [3.8, 4) is 0 Å². The maximum Gasteiger partial charge on any atom is 0.224 e. The zero-order valence-electron chi connectivity index (χ0n) is 6.26. The molecular formula is C7H11NO2. The summed E-state index contributed by atoms with van der Waals surface area (Å²) in [6, 6.07) is 0.185. The number of hydrogen-bond donors (Lipinski definition) is 0. The number of carbonyl (C=O) groups is 2. The van der Waals surface area contributed by atoms with E-state index in [2.05, 4.69) is 0 Å². The molecule has 56 valence electrons. The molecule has 0 aromatic carbocycles. The highest BCUT2D eigenvalue weighted by molar-refractivity contribution is 5.86. The first kappa shape index (κ1) is 7.25. The number of β-lactam (4-membered cyclic amide) rings is 1. The predicted molar refractivity (Wildman–Crippen MR) is 36.5 cm³/mol. The van der Waals surface area contributed by atoms with E-state index in [1.165, 1.54) is 0 Å². The van der Waals surface area contributed by atoms with Gasteiger partial charge in [-0.15, -0.1) is 0 Å². The number of rotatable bonds is 2. The average molecular weight is 141 g/mol. The zero-order chi connectivity index (χ0) is 7.72. The number of Topliss-reactive ketones (excluding diaryl/α,β-unsaturated/α-hetero) is 1. The Balaban J connectivity index is 2.34. The lowest BCUT2D eigenvalue weighted by atomic mass is 9.98. The van der Waals surface area contributed by atoms with Gasteiger partial charge >= 0.3 is 0 Å². The monoisotopic (exact) mass is 141 g/mol. The molecule has 1 heterocycles. The fourth-order valence-electron chi connectivity index (χ4n) is 1.11. The van der Waals surface area contributed by atoms with Crippen molar-refractivity contribution in [3.63, 3.8) is 0 Å². The van der Waals surface area contributed by atoms with Crippen molar-refractivity contribution in [1.82, 2.24) is 4.90 Å². The van der Waals surface area contributed by atoms with Gasteiger partial charge in [-0.05, 0) is 6.92 Å². The van der Waals surface area contributed by atoms with Crippen LogP contribution in [-0.2, 0) is 9.59 Å². The minimum atomic E-state index is 0.145. The fourth-order valence-corrected chi connectivity index (χ4v) is 1.11. The van der Waals surface area contributed by atoms with Crippen molar-refractivity contribution in [2.75, 3.05) is 7.05 Å². The Morgan fingerprint density at radius 1 is 1.80 bits per heavy atom. The minimum absolute atomic E-state index is 0.145. The van der Waals surface area contributed by atoms with Gasteiger partial charge in [0, 0.05) is 25.9 Å². The van der Waals surface area contributed by atoms with Crippen molar-refractivity contribution in [3.05, 3.63) is 0 Å². The molecule has 0 spiro atoms. The third-order valence-corrected chi connectivity index (χ3v) is 1.87. The summed E-state index contributed by atoms with van der Waals surface area (Å²) in [5, 5.41) is 0. The molecule has 0 radical (unpaired) electrons. The normalized spacial score (nSPS) is 24.4. The van der Waals surface area contributed by atoms with Crippen molar-refractivity contribution < 1.29 is 9.59 Å². The third-order valence-electron chi connectivity index (χ3n) is 1.87.